The van der Waals surface area contributed by atoms with E-state index in [1.807, 2.05) is 52.1 Å². The number of imidazole rings is 1. The molecule has 1 atom stereocenters. The van der Waals surface area contributed by atoms with E-state index in [1.165, 1.54) is 6.20 Å². The van der Waals surface area contributed by atoms with Crippen molar-refractivity contribution in [3.63, 3.8) is 0 Å². The van der Waals surface area contributed by atoms with E-state index in [-0.39, 0.29) is 17.1 Å². The van der Waals surface area contributed by atoms with Crippen molar-refractivity contribution >= 4 is 23.8 Å². The smallest absolute Gasteiger partial charge is 0.274 e. The number of carbonyl (C=O) groups is 1. The highest BCUT2D eigenvalue weighted by Crippen LogP contribution is 2.25. The number of aromatic nitrogens is 4. The van der Waals surface area contributed by atoms with Crippen molar-refractivity contribution in [3.8, 4) is 0 Å². The van der Waals surface area contributed by atoms with Crippen LogP contribution in [-0.4, -0.2) is 43.2 Å². The van der Waals surface area contributed by atoms with Crippen LogP contribution < -0.4 is 5.32 Å². The van der Waals surface area contributed by atoms with Gasteiger partial charge in [-0.25, -0.2) is 13.8 Å². The highest BCUT2D eigenvalue weighted by atomic mass is 19.3. The molecule has 3 heterocycles. The van der Waals surface area contributed by atoms with Gasteiger partial charge in [0.2, 0.25) is 11.7 Å². The average molecular weight is 498 g/mol. The molecule has 0 aromatic carbocycles. The number of nitrogens with zero attached hydrogens (tertiary/aromatic N) is 4. The van der Waals surface area contributed by atoms with Crippen molar-refractivity contribution in [2.24, 2.45) is 5.41 Å². The lowest BCUT2D eigenvalue weighted by Gasteiger charge is -2.12. The number of nitrogens with one attached hydrogen (secondary N) is 1. The number of aliphatic hydroxyl groups is 1. The Morgan fingerprint density at radius 1 is 1.33 bits per heavy atom. The van der Waals surface area contributed by atoms with Gasteiger partial charge in [-0.2, -0.15) is 4.98 Å². The lowest BCUT2D eigenvalue weighted by molar-refractivity contribution is -0.00754. The average Bonchev–Trinajstić information content (AvgIpc) is 3.41. The number of fused-ring (bicyclic) bond motifs is 1. The van der Waals surface area contributed by atoms with Gasteiger partial charge >= 0.3 is 0 Å². The van der Waals surface area contributed by atoms with E-state index in [0.717, 1.165) is 5.57 Å². The van der Waals surface area contributed by atoms with Crippen molar-refractivity contribution in [2.45, 2.75) is 53.6 Å². The zero-order valence-electron chi connectivity index (χ0n) is 20.8. The van der Waals surface area contributed by atoms with Crippen LogP contribution in [0, 0.1) is 5.41 Å². The van der Waals surface area contributed by atoms with Crippen LogP contribution in [0.3, 0.4) is 0 Å². The number of halogens is 2. The highest BCUT2D eigenvalue weighted by Gasteiger charge is 2.22. The van der Waals surface area contributed by atoms with Crippen molar-refractivity contribution in [1.29, 1.82) is 0 Å². The number of rotatable bonds is 8. The number of alkyl halides is 2. The van der Waals surface area contributed by atoms with Crippen molar-refractivity contribution in [2.75, 3.05) is 0 Å². The Balaban J connectivity index is 1.90. The molecule has 10 heteroatoms. The molecule has 1 aliphatic heterocycles. The fourth-order valence-electron chi connectivity index (χ4n) is 3.13. The second-order valence-corrected chi connectivity index (χ2v) is 9.05. The SMILES string of the molecule is C/C=C(\C=C(/C=C=C(C)C)NC(=O)c1cnc2n1C=CC(C)(C)C=C2)c1noc(CC(O)C(F)F)n1. The molecule has 0 fully saturated rings. The van der Waals surface area contributed by atoms with Gasteiger partial charge in [-0.15, -0.1) is 5.73 Å². The predicted molar refractivity (Wildman–Crippen MR) is 133 cm³/mol. The maximum atomic E-state index is 13.2. The zero-order chi connectivity index (χ0) is 26.5. The van der Waals surface area contributed by atoms with Crippen molar-refractivity contribution in [1.82, 2.24) is 25.0 Å². The van der Waals surface area contributed by atoms with Gasteiger partial charge in [0.1, 0.15) is 17.6 Å². The summed E-state index contributed by atoms with van der Waals surface area (Å²) in [4.78, 5) is 21.6. The Morgan fingerprint density at radius 3 is 2.75 bits per heavy atom. The summed E-state index contributed by atoms with van der Waals surface area (Å²) >= 11 is 0. The van der Waals surface area contributed by atoms with Crippen LogP contribution in [0.25, 0.3) is 17.8 Å². The Labute approximate surface area is 208 Å². The molecule has 0 radical (unpaired) electrons. The summed E-state index contributed by atoms with van der Waals surface area (Å²) in [6.07, 6.45) is 8.78. The summed E-state index contributed by atoms with van der Waals surface area (Å²) in [6.45, 7) is 9.56. The summed E-state index contributed by atoms with van der Waals surface area (Å²) in [6, 6.07) is 0. The largest absolute Gasteiger partial charge is 0.387 e. The molecular weight excluding hydrogens is 468 g/mol. The first-order valence-electron chi connectivity index (χ1n) is 11.3. The van der Waals surface area contributed by atoms with Gasteiger partial charge in [0.15, 0.2) is 0 Å². The molecule has 36 heavy (non-hydrogen) atoms. The number of aliphatic hydroxyl groups excluding tert-OH is 1. The monoisotopic (exact) mass is 497 g/mol. The Morgan fingerprint density at radius 2 is 2.08 bits per heavy atom. The second-order valence-electron chi connectivity index (χ2n) is 9.05. The van der Waals surface area contributed by atoms with Gasteiger partial charge in [0.05, 0.1) is 12.6 Å². The first-order valence-corrected chi connectivity index (χ1v) is 11.3. The highest BCUT2D eigenvalue weighted by molar-refractivity contribution is 5.95. The lowest BCUT2D eigenvalue weighted by atomic mass is 9.93. The van der Waals surface area contributed by atoms with Crippen LogP contribution in [0.15, 0.2) is 58.1 Å². The van der Waals surface area contributed by atoms with Crippen LogP contribution in [0.2, 0.25) is 0 Å². The van der Waals surface area contributed by atoms with Crippen molar-refractivity contribution in [3.05, 3.63) is 76.8 Å². The van der Waals surface area contributed by atoms with E-state index < -0.39 is 24.9 Å². The molecule has 8 nitrogen and oxygen atoms in total. The van der Waals surface area contributed by atoms with E-state index >= 15 is 0 Å². The fourth-order valence-corrected chi connectivity index (χ4v) is 3.13. The molecular formula is C26H29F2N5O3. The van der Waals surface area contributed by atoms with E-state index in [4.69, 9.17) is 4.52 Å². The molecule has 0 saturated carbocycles. The van der Waals surface area contributed by atoms with Gasteiger partial charge in [-0.05, 0) is 38.5 Å². The number of carbonyl (C=O) groups excluding carboxylic acids is 1. The van der Waals surface area contributed by atoms with E-state index in [1.54, 1.807) is 29.7 Å². The van der Waals surface area contributed by atoms with Crippen LogP contribution in [0.4, 0.5) is 8.78 Å². The summed E-state index contributed by atoms with van der Waals surface area (Å²) in [5.74, 6) is 0.237. The Hall–Kier alpha value is -3.88. The summed E-state index contributed by atoms with van der Waals surface area (Å²) < 4.78 is 32.0. The molecule has 0 spiro atoms. The Kier molecular flexibility index (Phi) is 8.34. The fraction of sp³-hybridized carbons (Fsp3) is 0.346. The minimum atomic E-state index is -2.92. The topological polar surface area (TPSA) is 106 Å². The molecule has 3 rings (SSSR count). The third-order valence-corrected chi connectivity index (χ3v) is 5.17. The minimum absolute atomic E-state index is 0.124. The second kappa shape index (κ2) is 11.2. The number of hydrogen-bond donors (Lipinski definition) is 2. The van der Waals surface area contributed by atoms with E-state index in [2.05, 4.69) is 26.2 Å². The first-order chi connectivity index (χ1) is 17.0. The third-order valence-electron chi connectivity index (χ3n) is 5.17. The maximum absolute atomic E-state index is 13.2. The maximum Gasteiger partial charge on any atom is 0.274 e. The van der Waals surface area contributed by atoms with Crippen LogP contribution in [0.1, 0.15) is 62.6 Å². The summed E-state index contributed by atoms with van der Waals surface area (Å²) in [7, 11) is 0. The van der Waals surface area contributed by atoms with Gasteiger partial charge in [-0.3, -0.25) is 9.36 Å². The third kappa shape index (κ3) is 6.84. The van der Waals surface area contributed by atoms with E-state index in [0.29, 0.717) is 22.8 Å². The number of allylic oxidation sites excluding steroid dienone is 6. The molecule has 0 bridgehead atoms. The van der Waals surface area contributed by atoms with Crippen LogP contribution >= 0.6 is 0 Å². The van der Waals surface area contributed by atoms with Crippen LogP contribution in [0.5, 0.6) is 0 Å². The van der Waals surface area contributed by atoms with Gasteiger partial charge in [0, 0.05) is 29.0 Å². The van der Waals surface area contributed by atoms with E-state index in [9.17, 15) is 18.7 Å². The summed E-state index contributed by atoms with van der Waals surface area (Å²) in [5.41, 5.74) is 4.95. The molecule has 0 aliphatic carbocycles. The Bertz CT molecular complexity index is 1300. The van der Waals surface area contributed by atoms with Crippen LogP contribution in [-0.2, 0) is 6.42 Å². The zero-order valence-corrected chi connectivity index (χ0v) is 20.8. The number of hydrogen-bond acceptors (Lipinski definition) is 6. The van der Waals surface area contributed by atoms with Gasteiger partial charge < -0.3 is 14.9 Å². The normalized spacial score (nSPS) is 15.8. The standard InChI is InChI=1S/C26H29F2N5O3/c1-6-17(24-31-22(36-32-24)14-20(34)23(27)28)13-18(8-7-16(2)3)30-25(35)19-15-29-21-9-10-26(4,5)11-12-33(19)21/h6,8-13,15,20,23,34H,14H2,1-5H3,(H,30,35)/b17-6+,18-13+. The molecule has 1 aliphatic rings. The molecule has 1 unspecified atom stereocenters. The van der Waals surface area contributed by atoms with Gasteiger partial charge in [-0.1, -0.05) is 37.2 Å². The number of amides is 1. The molecule has 1 amide bonds. The quantitative estimate of drug-likeness (QED) is 0.401. The van der Waals surface area contributed by atoms with Gasteiger partial charge in [0.25, 0.3) is 12.3 Å². The van der Waals surface area contributed by atoms with Crippen molar-refractivity contribution < 1.29 is 23.2 Å². The first kappa shape index (κ1) is 26.7. The minimum Gasteiger partial charge on any atom is -0.387 e. The lowest BCUT2D eigenvalue weighted by Crippen LogP contribution is -2.24. The molecule has 2 aromatic heterocycles. The predicted octanol–water partition coefficient (Wildman–Crippen LogP) is 4.80. The summed E-state index contributed by atoms with van der Waals surface area (Å²) in [5, 5.41) is 16.1. The molecule has 0 saturated heterocycles. The molecule has 190 valence electrons. The molecule has 2 aromatic rings. The molecule has 2 N–H and O–H groups in total.